The molecule has 0 saturated heterocycles. The number of hydrogen-bond donors (Lipinski definition) is 2. The Morgan fingerprint density at radius 2 is 1.82 bits per heavy atom. The van der Waals surface area contributed by atoms with Gasteiger partial charge < -0.3 is 10.2 Å². The quantitative estimate of drug-likeness (QED) is 0.809. The van der Waals surface area contributed by atoms with Gasteiger partial charge in [0.15, 0.2) is 0 Å². The highest BCUT2D eigenvalue weighted by Crippen LogP contribution is 2.40. The predicted molar refractivity (Wildman–Crippen MR) is 64.9 cm³/mol. The summed E-state index contributed by atoms with van der Waals surface area (Å²) in [5.74, 6) is -0.894. The van der Waals surface area contributed by atoms with E-state index in [1.807, 2.05) is 0 Å². The highest BCUT2D eigenvalue weighted by Gasteiger charge is 2.16. The summed E-state index contributed by atoms with van der Waals surface area (Å²) in [6, 6.07) is 7.03. The lowest BCUT2D eigenvalue weighted by Gasteiger charge is -2.10. The first-order chi connectivity index (χ1) is 8.00. The highest BCUT2D eigenvalue weighted by molar-refractivity contribution is 6.30. The molecule has 0 saturated carbocycles. The number of halogens is 2. The van der Waals surface area contributed by atoms with Crippen molar-refractivity contribution in [2.75, 3.05) is 0 Å². The zero-order chi connectivity index (χ0) is 12.6. The molecule has 0 spiro atoms. The van der Waals surface area contributed by atoms with Crippen LogP contribution >= 0.6 is 11.6 Å². The molecule has 0 radical (unpaired) electrons. The monoisotopic (exact) mass is 252 g/mol. The van der Waals surface area contributed by atoms with E-state index in [1.54, 1.807) is 13.0 Å². The highest BCUT2D eigenvalue weighted by atomic mass is 35.5. The van der Waals surface area contributed by atoms with Gasteiger partial charge in [-0.1, -0.05) is 17.7 Å². The van der Waals surface area contributed by atoms with Crippen molar-refractivity contribution in [2.24, 2.45) is 0 Å². The van der Waals surface area contributed by atoms with Gasteiger partial charge in [0.25, 0.3) is 0 Å². The molecule has 2 aromatic rings. The van der Waals surface area contributed by atoms with Gasteiger partial charge in [-0.2, -0.15) is 0 Å². The summed E-state index contributed by atoms with van der Waals surface area (Å²) in [6.45, 7) is 1.67. The number of phenols is 2. The molecule has 0 atom stereocenters. The topological polar surface area (TPSA) is 40.5 Å². The van der Waals surface area contributed by atoms with Crippen LogP contribution in [0.4, 0.5) is 4.39 Å². The Morgan fingerprint density at radius 1 is 1.12 bits per heavy atom. The maximum atomic E-state index is 13.7. The van der Waals surface area contributed by atoms with Gasteiger partial charge in [-0.25, -0.2) is 4.39 Å². The van der Waals surface area contributed by atoms with Gasteiger partial charge in [0.05, 0.1) is 5.56 Å². The number of hydrogen-bond acceptors (Lipinski definition) is 2. The summed E-state index contributed by atoms with van der Waals surface area (Å²) in [7, 11) is 0. The van der Waals surface area contributed by atoms with Crippen molar-refractivity contribution in [2.45, 2.75) is 6.92 Å². The molecular formula is C13H10ClFO2. The molecule has 0 aliphatic rings. The van der Waals surface area contributed by atoms with E-state index in [0.717, 1.165) is 6.07 Å². The zero-order valence-electron chi connectivity index (χ0n) is 9.04. The molecule has 2 nitrogen and oxygen atoms in total. The zero-order valence-corrected chi connectivity index (χ0v) is 9.79. The van der Waals surface area contributed by atoms with Crippen LogP contribution in [0.3, 0.4) is 0 Å². The molecule has 4 heteroatoms. The average molecular weight is 253 g/mol. The van der Waals surface area contributed by atoms with Gasteiger partial charge in [-0.3, -0.25) is 0 Å². The second-order valence-electron chi connectivity index (χ2n) is 3.75. The summed E-state index contributed by atoms with van der Waals surface area (Å²) in [6.07, 6.45) is 0. The molecule has 88 valence electrons. The molecule has 2 rings (SSSR count). The van der Waals surface area contributed by atoms with Crippen LogP contribution in [0.2, 0.25) is 5.02 Å². The molecule has 0 fully saturated rings. The predicted octanol–water partition coefficient (Wildman–Crippen LogP) is 3.87. The van der Waals surface area contributed by atoms with Crippen LogP contribution in [0.15, 0.2) is 30.3 Å². The van der Waals surface area contributed by atoms with Crippen LogP contribution in [-0.4, -0.2) is 10.2 Å². The van der Waals surface area contributed by atoms with Crippen LogP contribution in [0.5, 0.6) is 11.5 Å². The third-order valence-electron chi connectivity index (χ3n) is 2.56. The molecule has 2 aromatic carbocycles. The second-order valence-corrected chi connectivity index (χ2v) is 4.19. The number of rotatable bonds is 1. The third-order valence-corrected chi connectivity index (χ3v) is 2.79. The molecule has 17 heavy (non-hydrogen) atoms. The fourth-order valence-electron chi connectivity index (χ4n) is 1.64. The van der Waals surface area contributed by atoms with E-state index in [-0.39, 0.29) is 27.6 Å². The van der Waals surface area contributed by atoms with E-state index in [0.29, 0.717) is 5.56 Å². The number of phenolic OH excluding ortho intramolecular Hbond substituents is 2. The Labute approximate surface area is 103 Å². The van der Waals surface area contributed by atoms with Gasteiger partial charge in [-0.05, 0) is 36.8 Å². The maximum Gasteiger partial charge on any atom is 0.132 e. The van der Waals surface area contributed by atoms with Crippen LogP contribution in [0.25, 0.3) is 11.1 Å². The van der Waals surface area contributed by atoms with Gasteiger partial charge >= 0.3 is 0 Å². The molecule has 0 aliphatic carbocycles. The van der Waals surface area contributed by atoms with Crippen LogP contribution in [0, 0.1) is 12.7 Å². The van der Waals surface area contributed by atoms with Gasteiger partial charge in [0.1, 0.15) is 17.3 Å². The Hall–Kier alpha value is -1.74. The van der Waals surface area contributed by atoms with Gasteiger partial charge in [0.2, 0.25) is 0 Å². The van der Waals surface area contributed by atoms with Crippen molar-refractivity contribution in [3.63, 3.8) is 0 Å². The van der Waals surface area contributed by atoms with Crippen molar-refractivity contribution < 1.29 is 14.6 Å². The third kappa shape index (κ3) is 2.06. The van der Waals surface area contributed by atoms with Crippen molar-refractivity contribution >= 4 is 11.6 Å². The normalized spacial score (nSPS) is 10.5. The molecule has 0 amide bonds. The standard InChI is InChI=1S/C13H10ClFO2/c1-7-2-5-11(16)12(13(7)17)9-4-3-8(14)6-10(9)15/h2-6,16-17H,1H3. The maximum absolute atomic E-state index is 13.7. The Balaban J connectivity index is 2.72. The molecule has 0 unspecified atom stereocenters. The molecule has 0 aliphatic heterocycles. The van der Waals surface area contributed by atoms with Crippen LogP contribution in [0.1, 0.15) is 5.56 Å². The molecule has 0 bridgehead atoms. The lowest BCUT2D eigenvalue weighted by Crippen LogP contribution is -1.88. The summed E-state index contributed by atoms with van der Waals surface area (Å²) in [5.41, 5.74) is 0.763. The minimum absolute atomic E-state index is 0.0826. The van der Waals surface area contributed by atoms with Gasteiger partial charge in [0, 0.05) is 10.6 Å². The van der Waals surface area contributed by atoms with E-state index in [2.05, 4.69) is 0 Å². The SMILES string of the molecule is Cc1ccc(O)c(-c2ccc(Cl)cc2F)c1O. The van der Waals surface area contributed by atoms with Crippen molar-refractivity contribution in [3.05, 3.63) is 46.7 Å². The molecule has 2 N–H and O–H groups in total. The van der Waals surface area contributed by atoms with Crippen molar-refractivity contribution in [3.8, 4) is 22.6 Å². The fraction of sp³-hybridized carbons (Fsp3) is 0.0769. The number of benzene rings is 2. The lowest BCUT2D eigenvalue weighted by atomic mass is 10.0. The first-order valence-electron chi connectivity index (χ1n) is 4.97. The first-order valence-corrected chi connectivity index (χ1v) is 5.35. The summed E-state index contributed by atoms with van der Waals surface area (Å²) >= 11 is 5.65. The summed E-state index contributed by atoms with van der Waals surface area (Å²) in [5, 5.41) is 19.8. The minimum Gasteiger partial charge on any atom is -0.507 e. The minimum atomic E-state index is -0.589. The van der Waals surface area contributed by atoms with Crippen molar-refractivity contribution in [1.29, 1.82) is 0 Å². The van der Waals surface area contributed by atoms with Gasteiger partial charge in [-0.15, -0.1) is 0 Å². The smallest absolute Gasteiger partial charge is 0.132 e. The Bertz CT molecular complexity index is 582. The summed E-state index contributed by atoms with van der Waals surface area (Å²) in [4.78, 5) is 0. The first kappa shape index (κ1) is 11.7. The van der Waals surface area contributed by atoms with E-state index >= 15 is 0 Å². The van der Waals surface area contributed by atoms with Crippen molar-refractivity contribution in [1.82, 2.24) is 0 Å². The number of aromatic hydroxyl groups is 2. The largest absolute Gasteiger partial charge is 0.507 e. The molecular weight excluding hydrogens is 243 g/mol. The Kier molecular flexibility index (Phi) is 2.94. The second kappa shape index (κ2) is 4.26. The van der Waals surface area contributed by atoms with E-state index in [1.165, 1.54) is 18.2 Å². The molecule has 0 aromatic heterocycles. The molecule has 0 heterocycles. The van der Waals surface area contributed by atoms with E-state index in [4.69, 9.17) is 11.6 Å². The fourth-order valence-corrected chi connectivity index (χ4v) is 1.80. The number of aryl methyl sites for hydroxylation is 1. The average Bonchev–Trinajstić information content (AvgIpc) is 2.27. The van der Waals surface area contributed by atoms with E-state index in [9.17, 15) is 14.6 Å². The lowest BCUT2D eigenvalue weighted by molar-refractivity contribution is 0.450. The van der Waals surface area contributed by atoms with Crippen LogP contribution in [-0.2, 0) is 0 Å². The Morgan fingerprint density at radius 3 is 2.47 bits per heavy atom. The summed E-state index contributed by atoms with van der Waals surface area (Å²) < 4.78 is 13.7. The van der Waals surface area contributed by atoms with E-state index < -0.39 is 5.82 Å². The van der Waals surface area contributed by atoms with Crippen LogP contribution < -0.4 is 0 Å².